The summed E-state index contributed by atoms with van der Waals surface area (Å²) in [5.41, 5.74) is 1.93. The number of benzene rings is 1. The molecule has 0 atom stereocenters. The number of fused-ring (bicyclic) bond motifs is 1. The molecule has 7 heteroatoms. The van der Waals surface area contributed by atoms with E-state index in [1.54, 1.807) is 4.90 Å². The molecule has 0 saturated heterocycles. The minimum absolute atomic E-state index is 0.0157. The van der Waals surface area contributed by atoms with Gasteiger partial charge in [0.25, 0.3) is 0 Å². The number of ether oxygens (including phenoxy) is 1. The van der Waals surface area contributed by atoms with Crippen LogP contribution in [-0.4, -0.2) is 34.7 Å². The van der Waals surface area contributed by atoms with Crippen LogP contribution in [0.15, 0.2) is 30.3 Å². The Morgan fingerprint density at radius 1 is 1.30 bits per heavy atom. The molecular weight excluding hydrogens is 344 g/mol. The maximum absolute atomic E-state index is 12.2. The lowest BCUT2D eigenvalue weighted by atomic mass is 10.2. The van der Waals surface area contributed by atoms with E-state index >= 15 is 0 Å². The van der Waals surface area contributed by atoms with Crippen LogP contribution in [-0.2, 0) is 22.7 Å². The summed E-state index contributed by atoms with van der Waals surface area (Å²) in [6.45, 7) is 6.14. The Kier molecular flexibility index (Phi) is 6.11. The van der Waals surface area contributed by atoms with Gasteiger partial charge in [-0.3, -0.25) is 14.5 Å². The molecule has 2 amide bonds. The molecule has 0 unspecified atom stereocenters. The second-order valence-electron chi connectivity index (χ2n) is 6.62. The number of hydrogen-bond acceptors (Lipinski definition) is 4. The number of anilines is 1. The number of carbonyl (C=O) groups is 2. The Balaban J connectivity index is 1.44. The molecule has 0 fully saturated rings. The second kappa shape index (κ2) is 8.70. The van der Waals surface area contributed by atoms with E-state index in [2.05, 4.69) is 10.4 Å². The Hall–Kier alpha value is -2.83. The highest BCUT2D eigenvalue weighted by atomic mass is 16.5. The molecule has 144 valence electrons. The molecule has 2 aromatic rings. The van der Waals surface area contributed by atoms with Gasteiger partial charge in [0.1, 0.15) is 11.6 Å². The number of aromatic nitrogens is 2. The lowest BCUT2D eigenvalue weighted by molar-refractivity contribution is -0.122. The molecule has 7 nitrogen and oxygen atoms in total. The fraction of sp³-hybridized carbons (Fsp3) is 0.450. The number of hydrogen-bond donors (Lipinski definition) is 1. The third-order valence-electron chi connectivity index (χ3n) is 4.51. The van der Waals surface area contributed by atoms with Crippen LogP contribution >= 0.6 is 0 Å². The molecule has 1 aromatic carbocycles. The van der Waals surface area contributed by atoms with Crippen LogP contribution in [0.25, 0.3) is 0 Å². The summed E-state index contributed by atoms with van der Waals surface area (Å²) in [5, 5.41) is 7.32. The van der Waals surface area contributed by atoms with Crippen LogP contribution in [0.5, 0.6) is 5.75 Å². The van der Waals surface area contributed by atoms with E-state index in [1.165, 1.54) is 0 Å². The predicted octanol–water partition coefficient (Wildman–Crippen LogP) is 2.42. The largest absolute Gasteiger partial charge is 0.494 e. The monoisotopic (exact) mass is 370 g/mol. The van der Waals surface area contributed by atoms with Crippen molar-refractivity contribution in [2.75, 3.05) is 18.1 Å². The summed E-state index contributed by atoms with van der Waals surface area (Å²) < 4.78 is 7.27. The first kappa shape index (κ1) is 18.9. The maximum atomic E-state index is 12.2. The van der Waals surface area contributed by atoms with E-state index in [0.29, 0.717) is 45.5 Å². The van der Waals surface area contributed by atoms with Crippen LogP contribution in [0.1, 0.15) is 37.4 Å². The fourth-order valence-electron chi connectivity index (χ4n) is 3.17. The van der Waals surface area contributed by atoms with Gasteiger partial charge >= 0.3 is 0 Å². The number of nitrogens with one attached hydrogen (secondary N) is 1. The van der Waals surface area contributed by atoms with E-state index in [1.807, 2.05) is 48.9 Å². The number of amides is 2. The van der Waals surface area contributed by atoms with Gasteiger partial charge in [0.15, 0.2) is 0 Å². The van der Waals surface area contributed by atoms with Gasteiger partial charge in [-0.1, -0.05) is 12.1 Å². The van der Waals surface area contributed by atoms with Gasteiger partial charge in [0.2, 0.25) is 11.8 Å². The fourth-order valence-corrected chi connectivity index (χ4v) is 3.17. The van der Waals surface area contributed by atoms with E-state index in [4.69, 9.17) is 4.74 Å². The zero-order chi connectivity index (χ0) is 19.2. The Bertz CT molecular complexity index is 798. The first-order chi connectivity index (χ1) is 13.1. The van der Waals surface area contributed by atoms with Gasteiger partial charge in [-0.05, 0) is 38.0 Å². The third kappa shape index (κ3) is 4.87. The average molecular weight is 370 g/mol. The molecule has 27 heavy (non-hydrogen) atoms. The normalized spacial score (nSPS) is 13.4. The molecule has 0 saturated carbocycles. The van der Waals surface area contributed by atoms with Gasteiger partial charge in [0, 0.05) is 32.0 Å². The van der Waals surface area contributed by atoms with E-state index < -0.39 is 0 Å². The molecule has 0 spiro atoms. The molecule has 0 radical (unpaired) electrons. The summed E-state index contributed by atoms with van der Waals surface area (Å²) in [5.74, 6) is 1.74. The topological polar surface area (TPSA) is 76.5 Å². The van der Waals surface area contributed by atoms with E-state index in [0.717, 1.165) is 22.8 Å². The van der Waals surface area contributed by atoms with Crippen molar-refractivity contribution in [2.45, 2.75) is 46.2 Å². The number of nitrogens with zero attached hydrogens (tertiary/aromatic N) is 3. The quantitative estimate of drug-likeness (QED) is 0.774. The van der Waals surface area contributed by atoms with Crippen molar-refractivity contribution in [1.29, 1.82) is 0 Å². The summed E-state index contributed by atoms with van der Waals surface area (Å²) in [6, 6.07) is 9.61. The van der Waals surface area contributed by atoms with Crippen molar-refractivity contribution < 1.29 is 14.3 Å². The number of rotatable bonds is 8. The van der Waals surface area contributed by atoms with Crippen LogP contribution in [0.4, 0.5) is 5.82 Å². The highest BCUT2D eigenvalue weighted by Crippen LogP contribution is 2.22. The number of aryl methyl sites for hydroxylation is 2. The van der Waals surface area contributed by atoms with E-state index in [-0.39, 0.29) is 11.8 Å². The molecule has 0 aliphatic carbocycles. The summed E-state index contributed by atoms with van der Waals surface area (Å²) in [6.07, 6.45) is 1.46. The molecule has 1 N–H and O–H groups in total. The molecule has 0 bridgehead atoms. The molecule has 1 aliphatic heterocycles. The minimum Gasteiger partial charge on any atom is -0.494 e. The standard InChI is InChI=1S/C20H26N4O3/c1-3-27-17-8-6-16(7-9-17)14-21-18(25)5-4-11-23-19-13-15(2)22-24(19)12-10-20(23)26/h6-9,13H,3-5,10-12,14H2,1-2H3,(H,21,25). The summed E-state index contributed by atoms with van der Waals surface area (Å²) in [4.78, 5) is 26.0. The van der Waals surface area contributed by atoms with Crippen molar-refractivity contribution in [3.05, 3.63) is 41.6 Å². The van der Waals surface area contributed by atoms with Crippen molar-refractivity contribution in [3.8, 4) is 5.75 Å². The zero-order valence-electron chi connectivity index (χ0n) is 15.9. The molecule has 2 heterocycles. The first-order valence-electron chi connectivity index (χ1n) is 9.40. The van der Waals surface area contributed by atoms with Crippen molar-refractivity contribution in [2.24, 2.45) is 0 Å². The Labute approximate surface area is 159 Å². The second-order valence-corrected chi connectivity index (χ2v) is 6.62. The Morgan fingerprint density at radius 3 is 2.81 bits per heavy atom. The predicted molar refractivity (Wildman–Crippen MR) is 103 cm³/mol. The minimum atomic E-state index is -0.0157. The number of carbonyl (C=O) groups excluding carboxylic acids is 2. The Morgan fingerprint density at radius 2 is 2.07 bits per heavy atom. The van der Waals surface area contributed by atoms with Crippen molar-refractivity contribution >= 4 is 17.6 Å². The summed E-state index contributed by atoms with van der Waals surface area (Å²) >= 11 is 0. The van der Waals surface area contributed by atoms with Gasteiger partial charge in [-0.25, -0.2) is 4.68 Å². The van der Waals surface area contributed by atoms with Crippen LogP contribution in [0.2, 0.25) is 0 Å². The smallest absolute Gasteiger partial charge is 0.229 e. The summed E-state index contributed by atoms with van der Waals surface area (Å²) in [7, 11) is 0. The highest BCUT2D eigenvalue weighted by molar-refractivity contribution is 5.93. The van der Waals surface area contributed by atoms with Gasteiger partial charge in [0.05, 0.1) is 18.8 Å². The molecule has 3 rings (SSSR count). The highest BCUT2D eigenvalue weighted by Gasteiger charge is 2.25. The zero-order valence-corrected chi connectivity index (χ0v) is 15.9. The van der Waals surface area contributed by atoms with Crippen LogP contribution in [0.3, 0.4) is 0 Å². The lowest BCUT2D eigenvalue weighted by Gasteiger charge is -2.27. The molecule has 1 aromatic heterocycles. The maximum Gasteiger partial charge on any atom is 0.229 e. The third-order valence-corrected chi connectivity index (χ3v) is 4.51. The molecule has 1 aliphatic rings. The SMILES string of the molecule is CCOc1ccc(CNC(=O)CCCN2C(=O)CCn3nc(C)cc32)cc1. The van der Waals surface area contributed by atoms with Crippen molar-refractivity contribution in [3.63, 3.8) is 0 Å². The first-order valence-corrected chi connectivity index (χ1v) is 9.40. The van der Waals surface area contributed by atoms with Crippen LogP contribution in [0, 0.1) is 6.92 Å². The van der Waals surface area contributed by atoms with Gasteiger partial charge in [-0.15, -0.1) is 0 Å². The molecular formula is C20H26N4O3. The lowest BCUT2D eigenvalue weighted by Crippen LogP contribution is -2.38. The average Bonchev–Trinajstić information content (AvgIpc) is 3.04. The van der Waals surface area contributed by atoms with Gasteiger partial charge < -0.3 is 10.1 Å². The van der Waals surface area contributed by atoms with E-state index in [9.17, 15) is 9.59 Å². The van der Waals surface area contributed by atoms with Crippen LogP contribution < -0.4 is 15.0 Å². The van der Waals surface area contributed by atoms with Crippen molar-refractivity contribution in [1.82, 2.24) is 15.1 Å². The van der Waals surface area contributed by atoms with Gasteiger partial charge in [-0.2, -0.15) is 5.10 Å².